The summed E-state index contributed by atoms with van der Waals surface area (Å²) in [5.74, 6) is 1.53. The van der Waals surface area contributed by atoms with E-state index in [1.165, 1.54) is 0 Å². The third-order valence-corrected chi connectivity index (χ3v) is 3.74. The predicted octanol–water partition coefficient (Wildman–Crippen LogP) is 0.475. The standard InChI is InChI=1S/C19H14O4.ClHO4/c1-2-21-19-14-8-7-13(20)10-17(14)22-11-15(19)18-9-12-5-3-4-6-16(12)23-18;2-1(3,4)5/h3-11H,2H2,1H3;(H,2,3,4,5). The molecule has 0 amide bonds. The van der Waals surface area contributed by atoms with Crippen LogP contribution in [0, 0.1) is 10.2 Å². The number of rotatable bonds is 3. The minimum absolute atomic E-state index is 0.153. The van der Waals surface area contributed by atoms with E-state index in [4.69, 9.17) is 32.2 Å². The molecule has 0 aliphatic rings. The van der Waals surface area contributed by atoms with Gasteiger partial charge in [0.25, 0.3) is 0 Å². The zero-order valence-corrected chi connectivity index (χ0v) is 15.3. The molecule has 2 heterocycles. The van der Waals surface area contributed by atoms with Gasteiger partial charge < -0.3 is 14.3 Å². The molecule has 28 heavy (non-hydrogen) atoms. The fourth-order valence-electron chi connectivity index (χ4n) is 2.70. The summed E-state index contributed by atoms with van der Waals surface area (Å²) in [6.07, 6.45) is 1.60. The summed E-state index contributed by atoms with van der Waals surface area (Å²) < 4.78 is 51.4. The molecule has 8 nitrogen and oxygen atoms in total. The number of benzene rings is 2. The van der Waals surface area contributed by atoms with Crippen LogP contribution in [0.1, 0.15) is 6.92 Å². The van der Waals surface area contributed by atoms with Gasteiger partial charge in [0, 0.05) is 5.39 Å². The number of aromatic hydroxyl groups is 1. The lowest BCUT2D eigenvalue weighted by atomic mass is 10.1. The molecule has 0 atom stereocenters. The second kappa shape index (κ2) is 8.01. The van der Waals surface area contributed by atoms with Crippen LogP contribution in [0.3, 0.4) is 0 Å². The summed E-state index contributed by atoms with van der Waals surface area (Å²) in [4.78, 5) is 0. The van der Waals surface area contributed by atoms with Gasteiger partial charge in [0.2, 0.25) is 0 Å². The first-order chi connectivity index (χ1) is 13.3. The molecule has 146 valence electrons. The van der Waals surface area contributed by atoms with Crippen LogP contribution in [-0.4, -0.2) is 11.7 Å². The maximum Gasteiger partial charge on any atom is 0.367 e. The van der Waals surface area contributed by atoms with E-state index in [1.807, 2.05) is 37.3 Å². The Morgan fingerprint density at radius 1 is 1.07 bits per heavy atom. The topological polar surface area (TPSA) is 146 Å². The third kappa shape index (κ3) is 4.69. The molecule has 1 N–H and O–H groups in total. The van der Waals surface area contributed by atoms with Gasteiger partial charge in [-0.1, -0.05) is 18.2 Å². The van der Waals surface area contributed by atoms with E-state index in [1.54, 1.807) is 24.5 Å². The smallest absolute Gasteiger partial charge is 0.367 e. The minimum atomic E-state index is -4.94. The minimum Gasteiger partial charge on any atom is -0.508 e. The average molecular weight is 407 g/mol. The first kappa shape index (κ1) is 19.9. The van der Waals surface area contributed by atoms with Gasteiger partial charge in [-0.3, -0.25) is 0 Å². The molecule has 0 fully saturated rings. The Morgan fingerprint density at radius 3 is 2.46 bits per heavy atom. The molecule has 4 rings (SSSR count). The predicted molar refractivity (Wildman–Crippen MR) is 88.7 cm³/mol. The first-order valence-electron chi connectivity index (χ1n) is 8.07. The van der Waals surface area contributed by atoms with Gasteiger partial charge in [-0.2, -0.15) is 0 Å². The molecule has 0 aliphatic heterocycles. The number of fused-ring (bicyclic) bond motifs is 2. The molecular weight excluding hydrogens is 392 g/mol. The first-order valence-corrected chi connectivity index (χ1v) is 9.30. The van der Waals surface area contributed by atoms with Crippen LogP contribution in [0.2, 0.25) is 0 Å². The zero-order valence-electron chi connectivity index (χ0n) is 14.6. The van der Waals surface area contributed by atoms with E-state index in [9.17, 15) is 5.11 Å². The van der Waals surface area contributed by atoms with Crippen molar-refractivity contribution in [1.29, 1.82) is 0 Å². The zero-order chi connectivity index (χ0) is 20.3. The molecule has 0 aliphatic carbocycles. The van der Waals surface area contributed by atoms with Crippen LogP contribution < -0.4 is 23.4 Å². The lowest BCUT2D eigenvalue weighted by Gasteiger charge is -2.17. The Morgan fingerprint density at radius 2 is 1.79 bits per heavy atom. The third-order valence-electron chi connectivity index (χ3n) is 3.74. The Hall–Kier alpha value is -2.88. The van der Waals surface area contributed by atoms with Crippen molar-refractivity contribution >= 4 is 21.9 Å². The number of phenols is 1. The summed E-state index contributed by atoms with van der Waals surface area (Å²) in [6.45, 7) is 2.45. The number of phenolic OH excluding ortho intramolecular Hbond substituents is 1. The van der Waals surface area contributed by atoms with Gasteiger partial charge in [0.15, 0.2) is 11.3 Å². The average Bonchev–Trinajstić information content (AvgIpc) is 3.04. The van der Waals surface area contributed by atoms with E-state index in [-0.39, 0.29) is 5.75 Å². The van der Waals surface area contributed by atoms with Crippen molar-refractivity contribution in [2.24, 2.45) is 0 Å². The van der Waals surface area contributed by atoms with Crippen LogP contribution in [0.4, 0.5) is 0 Å². The molecule has 0 radical (unpaired) electrons. The van der Waals surface area contributed by atoms with Gasteiger partial charge in [-0.15, -0.1) is 10.2 Å². The molecular formula is C19H15ClO8. The van der Waals surface area contributed by atoms with Crippen molar-refractivity contribution < 1.29 is 47.6 Å². The van der Waals surface area contributed by atoms with Crippen molar-refractivity contribution in [2.45, 2.75) is 6.92 Å². The van der Waals surface area contributed by atoms with E-state index in [0.29, 0.717) is 23.7 Å². The summed E-state index contributed by atoms with van der Waals surface area (Å²) in [5.41, 5.74) is 2.13. The summed E-state index contributed by atoms with van der Waals surface area (Å²) >= 11 is 0. The number of para-hydroxylation sites is 1. The maximum absolute atomic E-state index is 9.61. The van der Waals surface area contributed by atoms with E-state index in [0.717, 1.165) is 21.9 Å². The molecule has 0 bridgehead atoms. The van der Waals surface area contributed by atoms with Crippen molar-refractivity contribution in [3.05, 3.63) is 54.8 Å². The van der Waals surface area contributed by atoms with E-state index < -0.39 is 10.2 Å². The summed E-state index contributed by atoms with van der Waals surface area (Å²) in [5, 5.41) is 11.4. The second-order valence-electron chi connectivity index (χ2n) is 5.62. The van der Waals surface area contributed by atoms with Crippen molar-refractivity contribution in [1.82, 2.24) is 0 Å². The highest BCUT2D eigenvalue weighted by Crippen LogP contribution is 2.39. The van der Waals surface area contributed by atoms with Crippen LogP contribution in [0.25, 0.3) is 33.3 Å². The molecule has 0 saturated carbocycles. The molecule has 0 saturated heterocycles. The lowest BCUT2D eigenvalue weighted by Crippen LogP contribution is -2.68. The van der Waals surface area contributed by atoms with Crippen LogP contribution >= 0.6 is 0 Å². The second-order valence-corrected chi connectivity index (χ2v) is 6.37. The van der Waals surface area contributed by atoms with Crippen LogP contribution in [-0.2, 0) is 0 Å². The number of hydrogen-bond donors (Lipinski definition) is 1. The normalized spacial score (nSPS) is 11.3. The summed E-state index contributed by atoms with van der Waals surface area (Å²) in [6, 6.07) is 14.8. The van der Waals surface area contributed by atoms with Gasteiger partial charge in [0.1, 0.15) is 22.5 Å². The fraction of sp³-hybridized carbons (Fsp3) is 0.105. The highest BCUT2D eigenvalue weighted by molar-refractivity contribution is 5.92. The van der Waals surface area contributed by atoms with Crippen LogP contribution in [0.15, 0.2) is 63.6 Å². The van der Waals surface area contributed by atoms with Gasteiger partial charge in [0.05, 0.1) is 12.7 Å². The van der Waals surface area contributed by atoms with Crippen molar-refractivity contribution in [3.63, 3.8) is 0 Å². The number of ether oxygens (including phenoxy) is 1. The molecule has 9 heteroatoms. The largest absolute Gasteiger partial charge is 0.508 e. The fourth-order valence-corrected chi connectivity index (χ4v) is 2.70. The number of halogens is 1. The van der Waals surface area contributed by atoms with E-state index >= 15 is 0 Å². The Kier molecular flexibility index (Phi) is 5.68. The molecule has 4 aromatic rings. The summed E-state index contributed by atoms with van der Waals surface area (Å²) in [7, 11) is -4.94. The van der Waals surface area contributed by atoms with Gasteiger partial charge >= 0.3 is 11.8 Å². The SMILES string of the molecule is CCOc1c(-c2cc3ccccc3o2)c[o+]c2cc(O)ccc12.[O-][Cl+3]([O-])([O-])[O-]. The molecule has 0 spiro atoms. The maximum atomic E-state index is 9.61. The van der Waals surface area contributed by atoms with Gasteiger partial charge in [-0.05, 0) is 31.2 Å². The molecule has 0 unspecified atom stereocenters. The Bertz CT molecular complexity index is 1060. The highest BCUT2D eigenvalue weighted by atomic mass is 35.7. The van der Waals surface area contributed by atoms with Crippen LogP contribution in [0.5, 0.6) is 11.5 Å². The Labute approximate surface area is 161 Å². The monoisotopic (exact) mass is 406 g/mol. The molecule has 2 aromatic heterocycles. The number of hydrogen-bond acceptors (Lipinski definition) is 7. The van der Waals surface area contributed by atoms with Crippen molar-refractivity contribution in [3.8, 4) is 22.8 Å². The lowest BCUT2D eigenvalue weighted by molar-refractivity contribution is -2.00. The molecule has 2 aromatic carbocycles. The number of furan rings is 1. The highest BCUT2D eigenvalue weighted by Gasteiger charge is 2.22. The van der Waals surface area contributed by atoms with Gasteiger partial charge in [-0.25, -0.2) is 23.1 Å². The van der Waals surface area contributed by atoms with E-state index in [2.05, 4.69) is 0 Å². The van der Waals surface area contributed by atoms with Crippen molar-refractivity contribution in [2.75, 3.05) is 6.61 Å². The quantitative estimate of drug-likeness (QED) is 0.483. The Balaban J connectivity index is 0.000000403.